The third-order valence-electron chi connectivity index (χ3n) is 2.70. The van der Waals surface area contributed by atoms with Crippen molar-refractivity contribution in [2.45, 2.75) is 36.6 Å². The van der Waals surface area contributed by atoms with Gasteiger partial charge in [0.2, 0.25) is 10.0 Å². The molecule has 1 fully saturated rings. The molecule has 0 heterocycles. The van der Waals surface area contributed by atoms with Crippen molar-refractivity contribution in [2.75, 3.05) is 0 Å². The smallest absolute Gasteiger partial charge is 0.208 e. The van der Waals surface area contributed by atoms with E-state index in [4.69, 9.17) is 11.6 Å². The third-order valence-corrected chi connectivity index (χ3v) is 4.65. The van der Waals surface area contributed by atoms with Crippen LogP contribution in [0.1, 0.15) is 24.0 Å². The summed E-state index contributed by atoms with van der Waals surface area (Å²) in [4.78, 5) is -0.0138. The van der Waals surface area contributed by atoms with Crippen molar-refractivity contribution in [3.05, 3.63) is 29.1 Å². The van der Waals surface area contributed by atoms with Gasteiger partial charge in [0, 0.05) is 17.5 Å². The summed E-state index contributed by atoms with van der Waals surface area (Å²) in [5.74, 6) is -0.456. The average Bonchev–Trinajstić information content (AvgIpc) is 3.04. The van der Waals surface area contributed by atoms with Crippen molar-refractivity contribution in [1.29, 1.82) is 0 Å². The van der Waals surface area contributed by atoms with Crippen LogP contribution < -0.4 is 4.72 Å². The SMILES string of the molecule is Cc1c(F)cc(CCl)cc1S(=O)(=O)NC1CC1. The molecular formula is C11H13ClFNO2S. The maximum Gasteiger partial charge on any atom is 0.241 e. The summed E-state index contributed by atoms with van der Waals surface area (Å²) < 4.78 is 40.1. The van der Waals surface area contributed by atoms with Crippen molar-refractivity contribution in [2.24, 2.45) is 0 Å². The molecule has 1 saturated carbocycles. The molecule has 0 spiro atoms. The quantitative estimate of drug-likeness (QED) is 0.859. The molecule has 3 nitrogen and oxygen atoms in total. The van der Waals surface area contributed by atoms with Crippen molar-refractivity contribution in [3.8, 4) is 0 Å². The Morgan fingerprint density at radius 3 is 2.65 bits per heavy atom. The topological polar surface area (TPSA) is 46.2 Å². The summed E-state index contributed by atoms with van der Waals surface area (Å²) in [6, 6.07) is 2.69. The Balaban J connectivity index is 2.45. The van der Waals surface area contributed by atoms with Gasteiger partial charge in [-0.05, 0) is 37.5 Å². The summed E-state index contributed by atoms with van der Waals surface area (Å²) in [5, 5.41) is 0. The fourth-order valence-corrected chi connectivity index (χ4v) is 3.31. The summed E-state index contributed by atoms with van der Waals surface area (Å²) in [6.45, 7) is 1.45. The predicted octanol–water partition coefficient (Wildman–Crippen LogP) is 2.31. The molecule has 1 aliphatic rings. The van der Waals surface area contributed by atoms with Crippen LogP contribution in [0, 0.1) is 12.7 Å². The number of hydrogen-bond acceptors (Lipinski definition) is 2. The van der Waals surface area contributed by atoms with Crippen LogP contribution in [0.5, 0.6) is 0 Å². The second-order valence-electron chi connectivity index (χ2n) is 4.23. The fourth-order valence-electron chi connectivity index (χ4n) is 1.55. The predicted molar refractivity (Wildman–Crippen MR) is 64.0 cm³/mol. The first kappa shape index (κ1) is 12.8. The summed E-state index contributed by atoms with van der Waals surface area (Å²) in [7, 11) is -3.63. The van der Waals surface area contributed by atoms with Gasteiger partial charge in [-0.25, -0.2) is 17.5 Å². The van der Waals surface area contributed by atoms with Crippen molar-refractivity contribution < 1.29 is 12.8 Å². The zero-order valence-electron chi connectivity index (χ0n) is 9.33. The molecule has 1 aromatic rings. The minimum absolute atomic E-state index is 0.00196. The third kappa shape index (κ3) is 2.78. The van der Waals surface area contributed by atoms with Gasteiger partial charge in [0.1, 0.15) is 5.82 Å². The Morgan fingerprint density at radius 1 is 1.47 bits per heavy atom. The molecule has 17 heavy (non-hydrogen) atoms. The standard InChI is InChI=1S/C11H13ClFNO2S/c1-7-10(13)4-8(6-12)5-11(7)17(15,16)14-9-2-3-9/h4-5,9,14H,2-3,6H2,1H3. The van der Waals surface area contributed by atoms with E-state index >= 15 is 0 Å². The van der Waals surface area contributed by atoms with Gasteiger partial charge in [-0.3, -0.25) is 0 Å². The number of hydrogen-bond donors (Lipinski definition) is 1. The van der Waals surface area contributed by atoms with Crippen LogP contribution in [0.3, 0.4) is 0 Å². The van der Waals surface area contributed by atoms with Gasteiger partial charge >= 0.3 is 0 Å². The molecule has 1 aromatic carbocycles. The molecule has 0 saturated heterocycles. The minimum Gasteiger partial charge on any atom is -0.208 e. The molecule has 0 radical (unpaired) electrons. The number of rotatable bonds is 4. The van der Waals surface area contributed by atoms with E-state index in [0.29, 0.717) is 5.56 Å². The highest BCUT2D eigenvalue weighted by Crippen LogP contribution is 2.25. The highest BCUT2D eigenvalue weighted by molar-refractivity contribution is 7.89. The van der Waals surface area contributed by atoms with E-state index in [1.54, 1.807) is 0 Å². The van der Waals surface area contributed by atoms with Crippen LogP contribution in [0.15, 0.2) is 17.0 Å². The molecule has 0 atom stereocenters. The maximum atomic E-state index is 13.6. The summed E-state index contributed by atoms with van der Waals surface area (Å²) in [6.07, 6.45) is 1.69. The number of sulfonamides is 1. The van der Waals surface area contributed by atoms with Crippen molar-refractivity contribution in [1.82, 2.24) is 4.72 Å². The molecule has 0 aliphatic heterocycles. The fraction of sp³-hybridized carbons (Fsp3) is 0.455. The van der Waals surface area contributed by atoms with Gasteiger partial charge in [-0.1, -0.05) is 0 Å². The molecule has 2 rings (SSSR count). The normalized spacial score (nSPS) is 16.2. The minimum atomic E-state index is -3.63. The van der Waals surface area contributed by atoms with E-state index in [2.05, 4.69) is 4.72 Å². The molecule has 0 unspecified atom stereocenters. The van der Waals surface area contributed by atoms with E-state index < -0.39 is 15.8 Å². The Bertz CT molecular complexity index is 541. The Morgan fingerprint density at radius 2 is 2.12 bits per heavy atom. The molecular weight excluding hydrogens is 265 g/mol. The second-order valence-corrected chi connectivity index (χ2v) is 6.18. The number of alkyl halides is 1. The summed E-state index contributed by atoms with van der Waals surface area (Å²) in [5.41, 5.74) is 0.595. The monoisotopic (exact) mass is 277 g/mol. The Kier molecular flexibility index (Phi) is 3.43. The van der Waals surface area contributed by atoms with Crippen LogP contribution >= 0.6 is 11.6 Å². The second kappa shape index (κ2) is 4.55. The van der Waals surface area contributed by atoms with Crippen LogP contribution in [0.4, 0.5) is 4.39 Å². The van der Waals surface area contributed by atoms with E-state index in [0.717, 1.165) is 12.8 Å². The molecule has 0 bridgehead atoms. The lowest BCUT2D eigenvalue weighted by atomic mass is 10.1. The van der Waals surface area contributed by atoms with Gasteiger partial charge in [-0.15, -0.1) is 11.6 Å². The first-order chi connectivity index (χ1) is 7.94. The Hall–Kier alpha value is -0.650. The van der Waals surface area contributed by atoms with Crippen molar-refractivity contribution in [3.63, 3.8) is 0 Å². The number of benzene rings is 1. The zero-order valence-corrected chi connectivity index (χ0v) is 10.9. The first-order valence-corrected chi connectivity index (χ1v) is 7.33. The average molecular weight is 278 g/mol. The van der Waals surface area contributed by atoms with Crippen LogP contribution in [0.25, 0.3) is 0 Å². The van der Waals surface area contributed by atoms with Crippen LogP contribution in [-0.2, 0) is 15.9 Å². The van der Waals surface area contributed by atoms with E-state index in [-0.39, 0.29) is 22.4 Å². The van der Waals surface area contributed by atoms with Crippen LogP contribution in [0.2, 0.25) is 0 Å². The van der Waals surface area contributed by atoms with Gasteiger partial charge in [0.05, 0.1) is 4.90 Å². The van der Waals surface area contributed by atoms with E-state index in [9.17, 15) is 12.8 Å². The van der Waals surface area contributed by atoms with Crippen molar-refractivity contribution >= 4 is 21.6 Å². The molecule has 0 amide bonds. The molecule has 1 aliphatic carbocycles. The Labute approximate surface area is 105 Å². The lowest BCUT2D eigenvalue weighted by Crippen LogP contribution is -2.26. The largest absolute Gasteiger partial charge is 0.241 e. The van der Waals surface area contributed by atoms with E-state index in [1.165, 1.54) is 19.1 Å². The van der Waals surface area contributed by atoms with Gasteiger partial charge < -0.3 is 0 Å². The summed E-state index contributed by atoms with van der Waals surface area (Å²) >= 11 is 5.61. The zero-order chi connectivity index (χ0) is 12.6. The van der Waals surface area contributed by atoms with Gasteiger partial charge in [-0.2, -0.15) is 0 Å². The number of nitrogens with one attached hydrogen (secondary N) is 1. The lowest BCUT2D eigenvalue weighted by Gasteiger charge is -2.10. The molecule has 6 heteroatoms. The highest BCUT2D eigenvalue weighted by atomic mass is 35.5. The number of halogens is 2. The molecule has 94 valence electrons. The van der Waals surface area contributed by atoms with Crippen LogP contribution in [-0.4, -0.2) is 14.5 Å². The lowest BCUT2D eigenvalue weighted by molar-refractivity contribution is 0.573. The highest BCUT2D eigenvalue weighted by Gasteiger charge is 2.29. The first-order valence-electron chi connectivity index (χ1n) is 5.31. The maximum absolute atomic E-state index is 13.6. The van der Waals surface area contributed by atoms with Gasteiger partial charge in [0.15, 0.2) is 0 Å². The molecule has 0 aromatic heterocycles. The van der Waals surface area contributed by atoms with E-state index in [1.807, 2.05) is 0 Å². The molecule has 1 N–H and O–H groups in total. The van der Waals surface area contributed by atoms with Gasteiger partial charge in [0.25, 0.3) is 0 Å².